The summed E-state index contributed by atoms with van der Waals surface area (Å²) in [4.78, 5) is 22.9. The van der Waals surface area contributed by atoms with Gasteiger partial charge in [0.25, 0.3) is 5.91 Å². The number of aliphatic imine (C=N–C) groups is 1. The van der Waals surface area contributed by atoms with Crippen molar-refractivity contribution in [1.82, 2.24) is 9.88 Å². The molecule has 1 aromatic carbocycles. The van der Waals surface area contributed by atoms with E-state index in [1.807, 2.05) is 0 Å². The minimum atomic E-state index is -4.61. The third-order valence-corrected chi connectivity index (χ3v) is 4.91. The predicted molar refractivity (Wildman–Crippen MR) is 91.8 cm³/mol. The molecule has 1 amide bonds. The van der Waals surface area contributed by atoms with E-state index in [9.17, 15) is 18.0 Å². The maximum absolute atomic E-state index is 13.3. The van der Waals surface area contributed by atoms with Crippen LogP contribution in [0, 0.1) is 0 Å². The van der Waals surface area contributed by atoms with Crippen molar-refractivity contribution in [3.05, 3.63) is 58.9 Å². The van der Waals surface area contributed by atoms with E-state index in [-0.39, 0.29) is 18.7 Å². The van der Waals surface area contributed by atoms with Crippen LogP contribution in [0.25, 0.3) is 0 Å². The number of rotatable bonds is 0. The van der Waals surface area contributed by atoms with Crippen LogP contribution in [0.2, 0.25) is 0 Å². The second kappa shape index (κ2) is 5.80. The number of halogens is 3. The molecule has 8 heteroatoms. The molecule has 0 unspecified atom stereocenters. The summed E-state index contributed by atoms with van der Waals surface area (Å²) >= 11 is 0. The first-order chi connectivity index (χ1) is 12.7. The van der Waals surface area contributed by atoms with Crippen LogP contribution in [0.15, 0.2) is 41.4 Å². The van der Waals surface area contributed by atoms with Crippen LogP contribution in [0.3, 0.4) is 0 Å². The van der Waals surface area contributed by atoms with E-state index in [1.54, 1.807) is 43.3 Å². The number of ether oxygens (including phenoxy) is 1. The van der Waals surface area contributed by atoms with E-state index in [2.05, 4.69) is 9.98 Å². The first-order valence-corrected chi connectivity index (χ1v) is 8.37. The van der Waals surface area contributed by atoms with Crippen molar-refractivity contribution < 1.29 is 22.7 Å². The van der Waals surface area contributed by atoms with Gasteiger partial charge in [-0.3, -0.25) is 4.79 Å². The lowest BCUT2D eigenvalue weighted by molar-refractivity contribution is -0.141. The van der Waals surface area contributed by atoms with Crippen LogP contribution in [0.1, 0.15) is 28.9 Å². The Morgan fingerprint density at radius 2 is 1.89 bits per heavy atom. The van der Waals surface area contributed by atoms with Gasteiger partial charge in [0, 0.05) is 31.6 Å². The minimum absolute atomic E-state index is 0.0803. The largest absolute Gasteiger partial charge is 0.493 e. The molecule has 2 aliphatic heterocycles. The van der Waals surface area contributed by atoms with Gasteiger partial charge >= 0.3 is 6.18 Å². The van der Waals surface area contributed by atoms with Crippen molar-refractivity contribution >= 4 is 11.7 Å². The molecule has 0 fully saturated rings. The Hall–Kier alpha value is -2.90. The zero-order valence-electron chi connectivity index (χ0n) is 14.7. The second-order valence-corrected chi connectivity index (χ2v) is 6.73. The number of hydrogen-bond donors (Lipinski definition) is 0. The molecule has 4 rings (SSSR count). The number of amidine groups is 1. The number of para-hydroxylation sites is 1. The fourth-order valence-corrected chi connectivity index (χ4v) is 3.68. The molecule has 0 bridgehead atoms. The van der Waals surface area contributed by atoms with Gasteiger partial charge in [-0.25, -0.2) is 4.98 Å². The average Bonchev–Trinajstić information content (AvgIpc) is 2.63. The highest BCUT2D eigenvalue weighted by Gasteiger charge is 2.52. The number of carbonyl (C=O) groups excluding carboxylic acids is 1. The summed E-state index contributed by atoms with van der Waals surface area (Å²) in [6.07, 6.45) is -4.44. The smallest absolute Gasteiger partial charge is 0.433 e. The molecule has 0 radical (unpaired) electrons. The van der Waals surface area contributed by atoms with Gasteiger partial charge in [0.2, 0.25) is 0 Å². The highest BCUT2D eigenvalue weighted by molar-refractivity contribution is 6.13. The van der Waals surface area contributed by atoms with Gasteiger partial charge in [0.1, 0.15) is 22.7 Å². The molecular weight excluding hydrogens is 359 g/mol. The number of fused-ring (bicyclic) bond motifs is 4. The fourth-order valence-electron chi connectivity index (χ4n) is 3.68. The van der Waals surface area contributed by atoms with E-state index >= 15 is 0 Å². The summed E-state index contributed by atoms with van der Waals surface area (Å²) in [5.41, 5.74) is -1.42. The van der Waals surface area contributed by atoms with Crippen molar-refractivity contribution in [3.8, 4) is 5.75 Å². The normalized spacial score (nSPS) is 21.2. The van der Waals surface area contributed by atoms with Crippen molar-refractivity contribution in [2.75, 3.05) is 20.7 Å². The number of alkyl halides is 3. The predicted octanol–water partition coefficient (Wildman–Crippen LogP) is 3.02. The molecule has 5 nitrogen and oxygen atoms in total. The Morgan fingerprint density at radius 1 is 1.15 bits per heavy atom. The van der Waals surface area contributed by atoms with E-state index in [4.69, 9.17) is 4.74 Å². The molecule has 27 heavy (non-hydrogen) atoms. The number of benzene rings is 1. The van der Waals surface area contributed by atoms with E-state index < -0.39 is 23.2 Å². The van der Waals surface area contributed by atoms with Crippen LogP contribution in [-0.2, 0) is 16.4 Å². The lowest BCUT2D eigenvalue weighted by Gasteiger charge is -2.40. The van der Waals surface area contributed by atoms with Crippen molar-refractivity contribution in [2.45, 2.75) is 18.0 Å². The minimum Gasteiger partial charge on any atom is -0.493 e. The molecule has 2 aliphatic rings. The van der Waals surface area contributed by atoms with Gasteiger partial charge < -0.3 is 9.64 Å². The monoisotopic (exact) mass is 375 g/mol. The van der Waals surface area contributed by atoms with Crippen molar-refractivity contribution in [3.63, 3.8) is 0 Å². The lowest BCUT2D eigenvalue weighted by atomic mass is 9.69. The van der Waals surface area contributed by atoms with Crippen LogP contribution >= 0.6 is 0 Å². The summed E-state index contributed by atoms with van der Waals surface area (Å²) in [5, 5.41) is 0. The molecule has 1 spiro atoms. The number of amides is 1. The Labute approximate surface area is 153 Å². The summed E-state index contributed by atoms with van der Waals surface area (Å²) in [7, 11) is 3.37. The topological polar surface area (TPSA) is 54.8 Å². The quantitative estimate of drug-likeness (QED) is 0.710. The SMILES string of the molecule is CN(C)C1=NC(=O)[C@@]2(CCOc3ccccc32)c2nc(C(F)(F)F)ccc21. The highest BCUT2D eigenvalue weighted by atomic mass is 19.4. The molecule has 0 aliphatic carbocycles. The number of pyridine rings is 1. The summed E-state index contributed by atoms with van der Waals surface area (Å²) in [6.45, 7) is 0.187. The summed E-state index contributed by atoms with van der Waals surface area (Å²) < 4.78 is 45.7. The van der Waals surface area contributed by atoms with Gasteiger partial charge in [-0.1, -0.05) is 18.2 Å². The van der Waals surface area contributed by atoms with Gasteiger partial charge in [-0.15, -0.1) is 0 Å². The number of hydrogen-bond acceptors (Lipinski definition) is 4. The first kappa shape index (κ1) is 17.5. The Morgan fingerprint density at radius 3 is 2.59 bits per heavy atom. The van der Waals surface area contributed by atoms with Gasteiger partial charge in [0.05, 0.1) is 12.3 Å². The molecule has 0 saturated carbocycles. The van der Waals surface area contributed by atoms with Gasteiger partial charge in [-0.05, 0) is 18.2 Å². The standard InChI is InChI=1S/C19H16F3N3O2/c1-25(2)16-11-7-8-14(19(20,21)22)23-15(11)18(17(26)24-16)9-10-27-13-6-4-3-5-12(13)18/h3-8H,9-10H2,1-2H3/t18-/m1/s1. The highest BCUT2D eigenvalue weighted by Crippen LogP contribution is 2.47. The molecule has 0 saturated heterocycles. The summed E-state index contributed by atoms with van der Waals surface area (Å²) in [6, 6.07) is 9.13. The van der Waals surface area contributed by atoms with Crippen molar-refractivity contribution in [1.29, 1.82) is 0 Å². The Kier molecular flexibility index (Phi) is 3.76. The van der Waals surface area contributed by atoms with Gasteiger partial charge in [-0.2, -0.15) is 18.2 Å². The molecule has 140 valence electrons. The molecule has 1 aromatic heterocycles. The third-order valence-electron chi connectivity index (χ3n) is 4.91. The fraction of sp³-hybridized carbons (Fsp3) is 0.316. The van der Waals surface area contributed by atoms with E-state index in [0.29, 0.717) is 22.7 Å². The molecule has 3 heterocycles. The molecule has 0 N–H and O–H groups in total. The number of carbonyl (C=O) groups is 1. The first-order valence-electron chi connectivity index (χ1n) is 8.37. The zero-order valence-corrected chi connectivity index (χ0v) is 14.7. The van der Waals surface area contributed by atoms with E-state index in [0.717, 1.165) is 6.07 Å². The molecule has 2 aromatic rings. The Balaban J connectivity index is 2.06. The maximum Gasteiger partial charge on any atom is 0.433 e. The zero-order chi connectivity index (χ0) is 19.4. The van der Waals surface area contributed by atoms with Crippen LogP contribution in [-0.4, -0.2) is 42.3 Å². The van der Waals surface area contributed by atoms with Gasteiger partial charge in [0.15, 0.2) is 0 Å². The molecule has 1 atom stereocenters. The van der Waals surface area contributed by atoms with Crippen molar-refractivity contribution in [2.24, 2.45) is 4.99 Å². The molecular formula is C19H16F3N3O2. The van der Waals surface area contributed by atoms with Crippen LogP contribution in [0.5, 0.6) is 5.75 Å². The Bertz CT molecular complexity index is 969. The maximum atomic E-state index is 13.3. The van der Waals surface area contributed by atoms with E-state index in [1.165, 1.54) is 6.07 Å². The van der Waals surface area contributed by atoms with Crippen LogP contribution < -0.4 is 4.74 Å². The number of nitrogens with zero attached hydrogens (tertiary/aromatic N) is 3. The summed E-state index contributed by atoms with van der Waals surface area (Å²) in [5.74, 6) is 0.234. The third kappa shape index (κ3) is 2.50. The lowest BCUT2D eigenvalue weighted by Crippen LogP contribution is -2.47. The number of aromatic nitrogens is 1. The second-order valence-electron chi connectivity index (χ2n) is 6.73. The average molecular weight is 375 g/mol. The van der Waals surface area contributed by atoms with Crippen LogP contribution in [0.4, 0.5) is 13.2 Å².